The second kappa shape index (κ2) is 11.0. The molecule has 0 aliphatic heterocycles. The van der Waals surface area contributed by atoms with Crippen molar-refractivity contribution in [3.63, 3.8) is 0 Å². The average molecular weight is 410 g/mol. The van der Waals surface area contributed by atoms with Crippen LogP contribution in [0.5, 0.6) is 0 Å². The Labute approximate surface area is 178 Å². The number of aliphatic hydroxyl groups is 1. The van der Waals surface area contributed by atoms with Crippen LogP contribution < -0.4 is 5.32 Å². The van der Waals surface area contributed by atoms with Gasteiger partial charge in [-0.05, 0) is 31.4 Å². The van der Waals surface area contributed by atoms with Crippen molar-refractivity contribution in [3.8, 4) is 11.3 Å². The first-order valence-electron chi connectivity index (χ1n) is 10.4. The summed E-state index contributed by atoms with van der Waals surface area (Å²) in [6.07, 6.45) is -0.576. The molecule has 0 saturated heterocycles. The van der Waals surface area contributed by atoms with Crippen molar-refractivity contribution in [1.29, 1.82) is 0 Å². The first-order chi connectivity index (χ1) is 14.2. The van der Waals surface area contributed by atoms with Crippen LogP contribution in [-0.2, 0) is 4.79 Å². The van der Waals surface area contributed by atoms with Gasteiger partial charge >= 0.3 is 6.92 Å². The second-order valence-electron chi connectivity index (χ2n) is 8.23. The van der Waals surface area contributed by atoms with Gasteiger partial charge in [0.05, 0.1) is 17.7 Å². The van der Waals surface area contributed by atoms with E-state index in [4.69, 9.17) is 0 Å². The molecule has 1 aromatic heterocycles. The molecule has 0 bridgehead atoms. The predicted molar refractivity (Wildman–Crippen MR) is 119 cm³/mol. The van der Waals surface area contributed by atoms with Gasteiger partial charge < -0.3 is 15.4 Å². The van der Waals surface area contributed by atoms with Crippen LogP contribution >= 0.6 is 0 Å². The van der Waals surface area contributed by atoms with Gasteiger partial charge in [-0.3, -0.25) is 9.59 Å². The average Bonchev–Trinajstić information content (AvgIpc) is 2.71. The molecule has 0 spiro atoms. The number of aromatic nitrogens is 1. The Hall–Kier alpha value is -2.51. The van der Waals surface area contributed by atoms with Crippen LogP contribution in [0.1, 0.15) is 44.1 Å². The van der Waals surface area contributed by atoms with Crippen LogP contribution in [0.3, 0.4) is 0 Å². The SMILES string of the molecule is CB(O)[C@H](CC(C)C)NC(=O)[C@@H](CC(=O)c1cccc(-c2ccccc2)n1)[C@@H](C)O. The molecule has 0 aliphatic carbocycles. The Morgan fingerprint density at radius 1 is 1.07 bits per heavy atom. The minimum absolute atomic E-state index is 0.164. The molecule has 30 heavy (non-hydrogen) atoms. The zero-order valence-corrected chi connectivity index (χ0v) is 18.1. The number of pyridine rings is 1. The van der Waals surface area contributed by atoms with Crippen molar-refractivity contribution >= 4 is 18.6 Å². The summed E-state index contributed by atoms with van der Waals surface area (Å²) in [5.74, 6) is -1.83. The molecule has 2 aromatic rings. The van der Waals surface area contributed by atoms with E-state index in [2.05, 4.69) is 10.3 Å². The quantitative estimate of drug-likeness (QED) is 0.413. The highest BCUT2D eigenvalue weighted by Gasteiger charge is 2.31. The highest BCUT2D eigenvalue weighted by Crippen LogP contribution is 2.19. The van der Waals surface area contributed by atoms with Crippen LogP contribution in [0, 0.1) is 11.8 Å². The Morgan fingerprint density at radius 2 is 1.73 bits per heavy atom. The van der Waals surface area contributed by atoms with Crippen LogP contribution in [-0.4, -0.2) is 45.8 Å². The van der Waals surface area contributed by atoms with Crippen LogP contribution in [0.4, 0.5) is 0 Å². The van der Waals surface area contributed by atoms with Gasteiger partial charge in [-0.25, -0.2) is 4.98 Å². The summed E-state index contributed by atoms with van der Waals surface area (Å²) in [6, 6.07) is 14.7. The summed E-state index contributed by atoms with van der Waals surface area (Å²) >= 11 is 0. The van der Waals surface area contributed by atoms with Crippen molar-refractivity contribution < 1.29 is 19.7 Å². The maximum atomic E-state index is 12.8. The number of nitrogens with zero attached hydrogens (tertiary/aromatic N) is 1. The molecule has 3 N–H and O–H groups in total. The van der Waals surface area contributed by atoms with E-state index in [-0.39, 0.29) is 23.8 Å². The van der Waals surface area contributed by atoms with Crippen molar-refractivity contribution in [3.05, 3.63) is 54.2 Å². The third-order valence-corrected chi connectivity index (χ3v) is 5.06. The maximum Gasteiger partial charge on any atom is 0.308 e. The van der Waals surface area contributed by atoms with Crippen molar-refractivity contribution in [2.45, 2.75) is 52.5 Å². The Bertz CT molecular complexity index is 840. The number of hydrogen-bond donors (Lipinski definition) is 3. The van der Waals surface area contributed by atoms with Gasteiger partial charge in [-0.2, -0.15) is 0 Å². The van der Waals surface area contributed by atoms with E-state index in [1.54, 1.807) is 19.0 Å². The van der Waals surface area contributed by atoms with Crippen molar-refractivity contribution in [2.75, 3.05) is 0 Å². The molecule has 0 saturated carbocycles. The lowest BCUT2D eigenvalue weighted by Crippen LogP contribution is -2.49. The molecule has 7 heteroatoms. The minimum atomic E-state index is -1.01. The monoisotopic (exact) mass is 410 g/mol. The fourth-order valence-corrected chi connectivity index (χ4v) is 3.32. The largest absolute Gasteiger partial charge is 0.449 e. The molecular weight excluding hydrogens is 379 g/mol. The molecule has 0 aliphatic rings. The molecule has 1 amide bonds. The smallest absolute Gasteiger partial charge is 0.308 e. The Kier molecular flexibility index (Phi) is 8.75. The summed E-state index contributed by atoms with van der Waals surface area (Å²) in [5, 5.41) is 22.9. The molecule has 0 radical (unpaired) electrons. The zero-order valence-electron chi connectivity index (χ0n) is 18.1. The summed E-state index contributed by atoms with van der Waals surface area (Å²) in [5.41, 5.74) is 1.82. The highest BCUT2D eigenvalue weighted by atomic mass is 16.3. The third-order valence-electron chi connectivity index (χ3n) is 5.06. The summed E-state index contributed by atoms with van der Waals surface area (Å²) < 4.78 is 0. The van der Waals surface area contributed by atoms with E-state index in [1.807, 2.05) is 50.2 Å². The molecule has 1 heterocycles. The lowest BCUT2D eigenvalue weighted by atomic mass is 9.61. The summed E-state index contributed by atoms with van der Waals surface area (Å²) in [6.45, 7) is 6.39. The Balaban J connectivity index is 2.14. The van der Waals surface area contributed by atoms with Gasteiger partial charge in [0, 0.05) is 17.9 Å². The second-order valence-corrected chi connectivity index (χ2v) is 8.23. The summed E-state index contributed by atoms with van der Waals surface area (Å²) in [7, 11) is 0. The van der Waals surface area contributed by atoms with Crippen LogP contribution in [0.2, 0.25) is 6.82 Å². The fraction of sp³-hybridized carbons (Fsp3) is 0.435. The van der Waals surface area contributed by atoms with Crippen LogP contribution in [0.25, 0.3) is 11.3 Å². The number of carbonyl (C=O) groups excluding carboxylic acids is 2. The molecule has 2 rings (SSSR count). The number of amides is 1. The predicted octanol–water partition coefficient (Wildman–Crippen LogP) is 3.00. The molecule has 0 unspecified atom stereocenters. The number of nitrogens with one attached hydrogen (secondary N) is 1. The fourth-order valence-electron chi connectivity index (χ4n) is 3.32. The number of aliphatic hydroxyl groups excluding tert-OH is 1. The lowest BCUT2D eigenvalue weighted by Gasteiger charge is -2.25. The first kappa shape index (κ1) is 23.8. The van der Waals surface area contributed by atoms with Gasteiger partial charge in [0.2, 0.25) is 5.91 Å². The van der Waals surface area contributed by atoms with Gasteiger partial charge in [-0.1, -0.05) is 57.1 Å². The number of ketones is 1. The number of hydrogen-bond acceptors (Lipinski definition) is 5. The first-order valence-corrected chi connectivity index (χ1v) is 10.4. The molecule has 3 atom stereocenters. The normalized spacial score (nSPS) is 14.1. The Morgan fingerprint density at radius 3 is 2.30 bits per heavy atom. The minimum Gasteiger partial charge on any atom is -0.449 e. The molecular formula is C23H31BN2O4. The lowest BCUT2D eigenvalue weighted by molar-refractivity contribution is -0.128. The highest BCUT2D eigenvalue weighted by molar-refractivity contribution is 6.51. The molecule has 6 nitrogen and oxygen atoms in total. The molecule has 160 valence electrons. The molecule has 0 fully saturated rings. The zero-order chi connectivity index (χ0) is 22.3. The van der Waals surface area contributed by atoms with Crippen LogP contribution in [0.15, 0.2) is 48.5 Å². The van der Waals surface area contributed by atoms with Gasteiger partial charge in [0.25, 0.3) is 0 Å². The van der Waals surface area contributed by atoms with Gasteiger partial charge in [0.1, 0.15) is 5.69 Å². The molecule has 1 aromatic carbocycles. The van der Waals surface area contributed by atoms with E-state index >= 15 is 0 Å². The topological polar surface area (TPSA) is 99.5 Å². The number of rotatable bonds is 10. The van der Waals surface area contributed by atoms with E-state index < -0.39 is 30.8 Å². The number of carbonyl (C=O) groups is 2. The van der Waals surface area contributed by atoms with E-state index in [0.29, 0.717) is 12.1 Å². The van der Waals surface area contributed by atoms with E-state index in [0.717, 1.165) is 5.56 Å². The number of Topliss-reactive ketones (excluding diaryl/α,β-unsaturated/α-hetero) is 1. The van der Waals surface area contributed by atoms with Crippen molar-refractivity contribution in [2.24, 2.45) is 11.8 Å². The van der Waals surface area contributed by atoms with E-state index in [9.17, 15) is 19.7 Å². The number of benzene rings is 1. The summed E-state index contributed by atoms with van der Waals surface area (Å²) in [4.78, 5) is 30.1. The van der Waals surface area contributed by atoms with E-state index in [1.165, 1.54) is 6.92 Å². The standard InChI is InChI=1S/C23H31BN2O4/c1-15(2)13-22(24(4)30)26-23(29)18(16(3)27)14-21(28)20-12-8-11-19(25-20)17-9-6-5-7-10-17/h5-12,15-16,18,22,27,30H,13-14H2,1-4H3,(H,26,29)/t16-,18+,22+/m1/s1. The third kappa shape index (κ3) is 6.78. The van der Waals surface area contributed by atoms with Gasteiger partial charge in [-0.15, -0.1) is 0 Å². The van der Waals surface area contributed by atoms with Crippen molar-refractivity contribution in [1.82, 2.24) is 10.3 Å². The maximum absolute atomic E-state index is 12.8. The van der Waals surface area contributed by atoms with Gasteiger partial charge in [0.15, 0.2) is 5.78 Å².